The molecular weight excluding hydrogens is 540 g/mol. The molecule has 1 saturated heterocycles. The monoisotopic (exact) mass is 563 g/mol. The number of halogens is 3. The summed E-state index contributed by atoms with van der Waals surface area (Å²) >= 11 is 3.24. The quantitative estimate of drug-likeness (QED) is 0.384. The van der Waals surface area contributed by atoms with E-state index >= 15 is 0 Å². The van der Waals surface area contributed by atoms with Crippen LogP contribution in [0.2, 0.25) is 0 Å². The van der Waals surface area contributed by atoms with Crippen molar-refractivity contribution < 1.29 is 28.2 Å². The average molecular weight is 564 g/mol. The summed E-state index contributed by atoms with van der Waals surface area (Å²) in [7, 11) is 1.59. The van der Waals surface area contributed by atoms with Crippen LogP contribution in [-0.2, 0) is 4.74 Å². The summed E-state index contributed by atoms with van der Waals surface area (Å²) in [5.41, 5.74) is 0.843. The molecule has 3 aromatic rings. The largest absolute Gasteiger partial charge is 0.476 e. The first-order valence-corrected chi connectivity index (χ1v) is 11.9. The molecule has 1 aliphatic heterocycles. The van der Waals surface area contributed by atoms with Gasteiger partial charge in [0.1, 0.15) is 0 Å². The Bertz CT molecular complexity index is 1260. The lowest BCUT2D eigenvalue weighted by Gasteiger charge is -2.21. The first-order valence-electron chi connectivity index (χ1n) is 11.1. The molecule has 2 heterocycles. The van der Waals surface area contributed by atoms with Crippen LogP contribution in [0, 0.1) is 11.6 Å². The van der Waals surface area contributed by atoms with Crippen LogP contribution in [0.3, 0.4) is 0 Å². The molecule has 2 amide bonds. The Kier molecular flexibility index (Phi) is 7.97. The predicted molar refractivity (Wildman–Crippen MR) is 132 cm³/mol. The van der Waals surface area contributed by atoms with Crippen LogP contribution in [-0.4, -0.2) is 71.2 Å². The SMILES string of the molecule is COCCN1C[C@@H](NC(=O)Nc2c(Br)c(C(=O)O)nn2-c2ccccc2)[C@H](c2ccc(F)c(F)c2)C1. The third kappa shape index (κ3) is 5.55. The van der Waals surface area contributed by atoms with E-state index in [2.05, 4.69) is 36.6 Å². The molecule has 2 aromatic carbocycles. The number of carbonyl (C=O) groups is 2. The van der Waals surface area contributed by atoms with Crippen LogP contribution in [0.1, 0.15) is 22.0 Å². The van der Waals surface area contributed by atoms with Gasteiger partial charge in [0, 0.05) is 32.7 Å². The van der Waals surface area contributed by atoms with Crippen LogP contribution >= 0.6 is 15.9 Å². The third-order valence-corrected chi connectivity index (χ3v) is 6.71. The highest BCUT2D eigenvalue weighted by molar-refractivity contribution is 9.10. The topological polar surface area (TPSA) is 109 Å². The van der Waals surface area contributed by atoms with Gasteiger partial charge >= 0.3 is 12.0 Å². The van der Waals surface area contributed by atoms with E-state index in [1.165, 1.54) is 10.7 Å². The molecule has 12 heteroatoms. The molecule has 190 valence electrons. The van der Waals surface area contributed by atoms with Crippen molar-refractivity contribution in [3.63, 3.8) is 0 Å². The normalized spacial score (nSPS) is 17.8. The summed E-state index contributed by atoms with van der Waals surface area (Å²) < 4.78 is 34.1. The number of rotatable bonds is 8. The van der Waals surface area contributed by atoms with Crippen LogP contribution in [0.5, 0.6) is 0 Å². The molecule has 0 bridgehead atoms. The van der Waals surface area contributed by atoms with Gasteiger partial charge in [-0.25, -0.2) is 23.1 Å². The highest BCUT2D eigenvalue weighted by atomic mass is 79.9. The second-order valence-corrected chi connectivity index (χ2v) is 9.09. The van der Waals surface area contributed by atoms with Gasteiger partial charge in [-0.3, -0.25) is 10.2 Å². The molecule has 3 N–H and O–H groups in total. The van der Waals surface area contributed by atoms with Gasteiger partial charge in [0.05, 0.1) is 22.8 Å². The number of benzene rings is 2. The zero-order valence-electron chi connectivity index (χ0n) is 19.2. The summed E-state index contributed by atoms with van der Waals surface area (Å²) in [5.74, 6) is -3.33. The van der Waals surface area contributed by atoms with E-state index in [-0.39, 0.29) is 21.9 Å². The van der Waals surface area contributed by atoms with Crippen molar-refractivity contribution in [3.8, 4) is 5.69 Å². The Morgan fingerprint density at radius 1 is 1.17 bits per heavy atom. The van der Waals surface area contributed by atoms with Gasteiger partial charge < -0.3 is 15.2 Å². The summed E-state index contributed by atoms with van der Waals surface area (Å²) in [5, 5.41) is 19.2. The number of anilines is 1. The molecule has 36 heavy (non-hydrogen) atoms. The van der Waals surface area contributed by atoms with Gasteiger partial charge in [-0.05, 0) is 45.8 Å². The van der Waals surface area contributed by atoms with Gasteiger partial charge in [-0.15, -0.1) is 0 Å². The maximum atomic E-state index is 14.0. The maximum Gasteiger partial charge on any atom is 0.357 e. The lowest BCUT2D eigenvalue weighted by atomic mass is 9.94. The third-order valence-electron chi connectivity index (χ3n) is 5.96. The number of carboxylic acid groups (broad SMARTS) is 1. The number of hydrogen-bond donors (Lipinski definition) is 3. The summed E-state index contributed by atoms with van der Waals surface area (Å²) in [6, 6.07) is 11.5. The number of para-hydroxylation sites is 1. The van der Waals surface area contributed by atoms with Crippen molar-refractivity contribution in [1.82, 2.24) is 20.0 Å². The number of nitrogens with one attached hydrogen (secondary N) is 2. The summed E-state index contributed by atoms with van der Waals surface area (Å²) in [6.07, 6.45) is 0. The van der Waals surface area contributed by atoms with Crippen molar-refractivity contribution in [2.75, 3.05) is 38.7 Å². The highest BCUT2D eigenvalue weighted by Crippen LogP contribution is 2.31. The van der Waals surface area contributed by atoms with E-state index in [0.29, 0.717) is 37.5 Å². The van der Waals surface area contributed by atoms with E-state index in [0.717, 1.165) is 12.1 Å². The number of urea groups is 1. The number of nitrogens with zero attached hydrogens (tertiary/aromatic N) is 3. The fourth-order valence-electron chi connectivity index (χ4n) is 4.23. The van der Waals surface area contributed by atoms with Crippen LogP contribution < -0.4 is 10.6 Å². The van der Waals surface area contributed by atoms with Crippen LogP contribution in [0.4, 0.5) is 19.4 Å². The van der Waals surface area contributed by atoms with Crippen LogP contribution in [0.15, 0.2) is 53.0 Å². The first kappa shape index (κ1) is 25.7. The fourth-order valence-corrected chi connectivity index (χ4v) is 4.74. The zero-order chi connectivity index (χ0) is 25.8. The first-order chi connectivity index (χ1) is 17.3. The summed E-state index contributed by atoms with van der Waals surface area (Å²) in [6.45, 7) is 2.05. The smallest absolute Gasteiger partial charge is 0.357 e. The van der Waals surface area contributed by atoms with E-state index in [1.54, 1.807) is 37.4 Å². The fraction of sp³-hybridized carbons (Fsp3) is 0.292. The Labute approximate surface area is 214 Å². The van der Waals surface area contributed by atoms with Gasteiger partial charge in [0.2, 0.25) is 0 Å². The number of aromatic carboxylic acids is 1. The number of amides is 2. The molecule has 2 atom stereocenters. The molecule has 9 nitrogen and oxygen atoms in total. The predicted octanol–water partition coefficient (Wildman–Crippen LogP) is 3.85. The van der Waals surface area contributed by atoms with Gasteiger partial charge in [0.15, 0.2) is 23.1 Å². The Balaban J connectivity index is 1.58. The molecule has 1 aromatic heterocycles. The summed E-state index contributed by atoms with van der Waals surface area (Å²) in [4.78, 5) is 26.8. The molecule has 0 unspecified atom stereocenters. The zero-order valence-corrected chi connectivity index (χ0v) is 20.8. The highest BCUT2D eigenvalue weighted by Gasteiger charge is 2.35. The lowest BCUT2D eigenvalue weighted by Crippen LogP contribution is -2.42. The molecule has 1 fully saturated rings. The van der Waals surface area contributed by atoms with Gasteiger partial charge in [-0.2, -0.15) is 5.10 Å². The number of hydrogen-bond acceptors (Lipinski definition) is 5. The molecule has 4 rings (SSSR count). The molecule has 0 spiro atoms. The molecule has 0 aliphatic carbocycles. The molecule has 0 radical (unpaired) electrons. The molecule has 0 saturated carbocycles. The lowest BCUT2D eigenvalue weighted by molar-refractivity contribution is 0.0689. The standard InChI is InChI=1S/C24H24BrF2N5O4/c1-36-10-9-31-12-16(14-7-8-17(26)18(27)11-14)19(13-31)28-24(35)29-22-20(25)21(23(33)34)30-32(22)15-5-3-2-4-6-15/h2-8,11,16,19H,9-10,12-13H2,1H3,(H,33,34)(H2,28,29,35)/t16-,19+/m0/s1. The van der Waals surface area contributed by atoms with Crippen molar-refractivity contribution >= 4 is 33.7 Å². The molecule has 1 aliphatic rings. The average Bonchev–Trinajstić information content (AvgIpc) is 3.41. The number of methoxy groups -OCH3 is 1. The van der Waals surface area contributed by atoms with Crippen LogP contribution in [0.25, 0.3) is 5.69 Å². The number of likely N-dealkylation sites (tertiary alicyclic amines) is 1. The number of carboxylic acids is 1. The minimum Gasteiger partial charge on any atom is -0.476 e. The Morgan fingerprint density at radius 3 is 2.58 bits per heavy atom. The van der Waals surface area contributed by atoms with Crippen molar-refractivity contribution in [3.05, 3.63) is 75.9 Å². The van der Waals surface area contributed by atoms with Gasteiger partial charge in [-0.1, -0.05) is 24.3 Å². The second kappa shape index (κ2) is 11.1. The van der Waals surface area contributed by atoms with Crippen molar-refractivity contribution in [1.29, 1.82) is 0 Å². The minimum absolute atomic E-state index is 0.110. The van der Waals surface area contributed by atoms with E-state index < -0.39 is 29.7 Å². The Hall–Kier alpha value is -3.35. The number of aromatic nitrogens is 2. The second-order valence-electron chi connectivity index (χ2n) is 8.30. The molecular formula is C24H24BrF2N5O4. The Morgan fingerprint density at radius 2 is 1.92 bits per heavy atom. The van der Waals surface area contributed by atoms with Crippen molar-refractivity contribution in [2.24, 2.45) is 0 Å². The van der Waals surface area contributed by atoms with Gasteiger partial charge in [0.25, 0.3) is 0 Å². The van der Waals surface area contributed by atoms with E-state index in [1.807, 2.05) is 0 Å². The number of ether oxygens (including phenoxy) is 1. The van der Waals surface area contributed by atoms with E-state index in [9.17, 15) is 23.5 Å². The number of carbonyl (C=O) groups excluding carboxylic acids is 1. The minimum atomic E-state index is -1.26. The maximum absolute atomic E-state index is 14.0. The van der Waals surface area contributed by atoms with Crippen molar-refractivity contribution in [2.45, 2.75) is 12.0 Å². The van der Waals surface area contributed by atoms with E-state index in [4.69, 9.17) is 4.74 Å².